The lowest BCUT2D eigenvalue weighted by Gasteiger charge is -2.12. The number of nitriles is 1. The van der Waals surface area contributed by atoms with Crippen LogP contribution in [-0.4, -0.2) is 9.97 Å². The van der Waals surface area contributed by atoms with Crippen LogP contribution in [0.1, 0.15) is 11.1 Å². The first-order chi connectivity index (χ1) is 12.8. The van der Waals surface area contributed by atoms with E-state index in [2.05, 4.69) is 20.6 Å². The zero-order chi connectivity index (χ0) is 19.4. The molecular formula is C18H11ClF3N5. The van der Waals surface area contributed by atoms with Gasteiger partial charge >= 0.3 is 6.18 Å². The lowest BCUT2D eigenvalue weighted by atomic mass is 10.2. The maximum absolute atomic E-state index is 13.0. The molecule has 27 heavy (non-hydrogen) atoms. The summed E-state index contributed by atoms with van der Waals surface area (Å²) in [4.78, 5) is 8.26. The van der Waals surface area contributed by atoms with E-state index in [1.54, 1.807) is 24.3 Å². The molecule has 136 valence electrons. The number of nitrogens with one attached hydrogen (secondary N) is 2. The number of nitrogens with zero attached hydrogens (tertiary/aromatic N) is 3. The summed E-state index contributed by atoms with van der Waals surface area (Å²) < 4.78 is 38.9. The predicted octanol–water partition coefficient (Wildman–Crippen LogP) is 5.51. The summed E-state index contributed by atoms with van der Waals surface area (Å²) in [6.07, 6.45) is -3.11. The minimum atomic E-state index is -4.56. The first kappa shape index (κ1) is 18.5. The quantitative estimate of drug-likeness (QED) is 0.615. The molecule has 2 N–H and O–H groups in total. The molecular weight excluding hydrogens is 379 g/mol. The van der Waals surface area contributed by atoms with Gasteiger partial charge in [0.1, 0.15) is 5.82 Å². The molecule has 0 amide bonds. The van der Waals surface area contributed by atoms with Crippen LogP contribution >= 0.6 is 11.6 Å². The van der Waals surface area contributed by atoms with Gasteiger partial charge in [0, 0.05) is 17.6 Å². The molecule has 2 aromatic carbocycles. The Morgan fingerprint density at radius 1 is 1.00 bits per heavy atom. The summed E-state index contributed by atoms with van der Waals surface area (Å²) in [6.45, 7) is 0. The summed E-state index contributed by atoms with van der Waals surface area (Å²) in [5, 5.41) is 14.3. The minimum absolute atomic E-state index is 0.183. The highest BCUT2D eigenvalue weighted by Crippen LogP contribution is 2.36. The van der Waals surface area contributed by atoms with Crippen molar-refractivity contribution in [1.29, 1.82) is 5.26 Å². The third-order valence-corrected chi connectivity index (χ3v) is 3.78. The van der Waals surface area contributed by atoms with Crippen LogP contribution < -0.4 is 10.6 Å². The lowest BCUT2D eigenvalue weighted by Crippen LogP contribution is -2.07. The fourth-order valence-corrected chi connectivity index (χ4v) is 2.48. The largest absolute Gasteiger partial charge is 0.417 e. The van der Waals surface area contributed by atoms with E-state index in [4.69, 9.17) is 16.9 Å². The molecule has 0 bridgehead atoms. The average molecular weight is 390 g/mol. The van der Waals surface area contributed by atoms with Crippen molar-refractivity contribution in [3.8, 4) is 6.07 Å². The first-order valence-electron chi connectivity index (χ1n) is 7.59. The second kappa shape index (κ2) is 7.51. The Hall–Kier alpha value is -3.31. The van der Waals surface area contributed by atoms with E-state index in [9.17, 15) is 13.2 Å². The standard InChI is InChI=1S/C18H11ClF3N5/c19-15-5-4-13(9-14(15)18(20,21)22)25-16-6-7-24-17(27-16)26-12-3-1-2-11(8-12)10-23/h1-9H,(H2,24,25,26,27). The molecule has 0 spiro atoms. The van der Waals surface area contributed by atoms with Gasteiger partial charge in [0.25, 0.3) is 0 Å². The van der Waals surface area contributed by atoms with E-state index < -0.39 is 11.7 Å². The zero-order valence-electron chi connectivity index (χ0n) is 13.5. The van der Waals surface area contributed by atoms with Crippen LogP contribution in [0.15, 0.2) is 54.7 Å². The summed E-state index contributed by atoms with van der Waals surface area (Å²) in [5.74, 6) is 0.513. The van der Waals surface area contributed by atoms with Crippen LogP contribution in [-0.2, 0) is 6.18 Å². The fraction of sp³-hybridized carbons (Fsp3) is 0.0556. The Balaban J connectivity index is 1.81. The first-order valence-corrected chi connectivity index (χ1v) is 7.97. The highest BCUT2D eigenvalue weighted by Gasteiger charge is 2.33. The molecule has 0 saturated carbocycles. The molecule has 0 unspecified atom stereocenters. The van der Waals surface area contributed by atoms with Crippen LogP contribution in [0.2, 0.25) is 5.02 Å². The SMILES string of the molecule is N#Cc1cccc(Nc2nccc(Nc3ccc(Cl)c(C(F)(F)F)c3)n2)c1. The number of hydrogen-bond acceptors (Lipinski definition) is 5. The Kier molecular flexibility index (Phi) is 5.14. The van der Waals surface area contributed by atoms with E-state index in [0.717, 1.165) is 6.07 Å². The Bertz CT molecular complexity index is 1010. The maximum Gasteiger partial charge on any atom is 0.417 e. The predicted molar refractivity (Wildman–Crippen MR) is 96.2 cm³/mol. The summed E-state index contributed by atoms with van der Waals surface area (Å²) >= 11 is 5.62. The second-order valence-corrected chi connectivity index (χ2v) is 5.81. The van der Waals surface area contributed by atoms with Crippen LogP contribution in [0, 0.1) is 11.3 Å². The van der Waals surface area contributed by atoms with Gasteiger partial charge in [-0.3, -0.25) is 0 Å². The number of anilines is 4. The van der Waals surface area contributed by atoms with Gasteiger partial charge in [-0.2, -0.15) is 23.4 Å². The lowest BCUT2D eigenvalue weighted by molar-refractivity contribution is -0.137. The topological polar surface area (TPSA) is 73.6 Å². The second-order valence-electron chi connectivity index (χ2n) is 5.40. The highest BCUT2D eigenvalue weighted by atomic mass is 35.5. The van der Waals surface area contributed by atoms with Gasteiger partial charge in [0.15, 0.2) is 0 Å². The van der Waals surface area contributed by atoms with Crippen molar-refractivity contribution in [3.63, 3.8) is 0 Å². The smallest absolute Gasteiger partial charge is 0.340 e. The third kappa shape index (κ3) is 4.65. The van der Waals surface area contributed by atoms with Gasteiger partial charge in [0.05, 0.1) is 22.2 Å². The molecule has 0 saturated heterocycles. The Labute approximate surface area is 157 Å². The molecule has 0 aliphatic heterocycles. The molecule has 0 aliphatic carbocycles. The molecule has 0 radical (unpaired) electrons. The molecule has 3 aromatic rings. The van der Waals surface area contributed by atoms with E-state index in [0.29, 0.717) is 17.1 Å². The maximum atomic E-state index is 13.0. The monoisotopic (exact) mass is 389 g/mol. The van der Waals surface area contributed by atoms with E-state index in [1.165, 1.54) is 24.4 Å². The van der Waals surface area contributed by atoms with E-state index in [1.807, 2.05) is 6.07 Å². The molecule has 1 heterocycles. The molecule has 3 rings (SSSR count). The van der Waals surface area contributed by atoms with Crippen molar-refractivity contribution in [2.75, 3.05) is 10.6 Å². The number of hydrogen-bond donors (Lipinski definition) is 2. The van der Waals surface area contributed by atoms with Gasteiger partial charge in [-0.05, 0) is 42.5 Å². The van der Waals surface area contributed by atoms with Crippen molar-refractivity contribution in [3.05, 3.63) is 70.9 Å². The van der Waals surface area contributed by atoms with E-state index >= 15 is 0 Å². The molecule has 0 aliphatic rings. The normalized spacial score (nSPS) is 10.9. The number of halogens is 4. The van der Waals surface area contributed by atoms with Crippen LogP contribution in [0.4, 0.5) is 36.3 Å². The number of aromatic nitrogens is 2. The van der Waals surface area contributed by atoms with Gasteiger partial charge in [-0.1, -0.05) is 17.7 Å². The van der Waals surface area contributed by atoms with Gasteiger partial charge < -0.3 is 10.6 Å². The van der Waals surface area contributed by atoms with E-state index in [-0.39, 0.29) is 16.7 Å². The number of benzene rings is 2. The summed E-state index contributed by atoms with van der Waals surface area (Å²) in [6, 6.07) is 13.8. The minimum Gasteiger partial charge on any atom is -0.340 e. The molecule has 1 aromatic heterocycles. The van der Waals surface area contributed by atoms with Crippen LogP contribution in [0.5, 0.6) is 0 Å². The third-order valence-electron chi connectivity index (χ3n) is 3.45. The number of alkyl halides is 3. The van der Waals surface area contributed by atoms with Crippen molar-refractivity contribution in [2.45, 2.75) is 6.18 Å². The summed E-state index contributed by atoms with van der Waals surface area (Å²) in [5.41, 5.74) is 0.324. The Morgan fingerprint density at radius 3 is 2.52 bits per heavy atom. The highest BCUT2D eigenvalue weighted by molar-refractivity contribution is 6.31. The molecule has 5 nitrogen and oxygen atoms in total. The fourth-order valence-electron chi connectivity index (χ4n) is 2.25. The van der Waals surface area contributed by atoms with Crippen LogP contribution in [0.3, 0.4) is 0 Å². The zero-order valence-corrected chi connectivity index (χ0v) is 14.3. The molecule has 9 heteroatoms. The van der Waals surface area contributed by atoms with Crippen LogP contribution in [0.25, 0.3) is 0 Å². The Morgan fingerprint density at radius 2 is 1.78 bits per heavy atom. The van der Waals surface area contributed by atoms with Crippen molar-refractivity contribution >= 4 is 34.7 Å². The van der Waals surface area contributed by atoms with Crippen molar-refractivity contribution in [2.24, 2.45) is 0 Å². The van der Waals surface area contributed by atoms with Gasteiger partial charge in [0.2, 0.25) is 5.95 Å². The average Bonchev–Trinajstić information content (AvgIpc) is 2.63. The summed E-state index contributed by atoms with van der Waals surface area (Å²) in [7, 11) is 0. The molecule has 0 fully saturated rings. The number of rotatable bonds is 4. The van der Waals surface area contributed by atoms with Gasteiger partial charge in [-0.15, -0.1) is 0 Å². The molecule has 0 atom stereocenters. The van der Waals surface area contributed by atoms with Crippen molar-refractivity contribution < 1.29 is 13.2 Å². The van der Waals surface area contributed by atoms with Gasteiger partial charge in [-0.25, -0.2) is 4.98 Å². The van der Waals surface area contributed by atoms with Crippen molar-refractivity contribution in [1.82, 2.24) is 9.97 Å².